The van der Waals surface area contributed by atoms with Crippen molar-refractivity contribution in [2.24, 2.45) is 0 Å². The molecule has 26 heavy (non-hydrogen) atoms. The van der Waals surface area contributed by atoms with Crippen molar-refractivity contribution in [3.63, 3.8) is 0 Å². The van der Waals surface area contributed by atoms with Crippen LogP contribution >= 0.6 is 0 Å². The van der Waals surface area contributed by atoms with E-state index < -0.39 is 0 Å². The third kappa shape index (κ3) is 4.48. The Bertz CT molecular complexity index is 739. The zero-order valence-electron chi connectivity index (χ0n) is 15.4. The molecule has 4 nitrogen and oxygen atoms in total. The third-order valence-electron chi connectivity index (χ3n) is 5.08. The van der Waals surface area contributed by atoms with E-state index in [4.69, 9.17) is 0 Å². The lowest BCUT2D eigenvalue weighted by molar-refractivity contribution is 0.0885. The molecule has 1 N–H and O–H groups in total. The Morgan fingerprint density at radius 2 is 1.73 bits per heavy atom. The molecule has 0 bridgehead atoms. The van der Waals surface area contributed by atoms with E-state index >= 15 is 0 Å². The summed E-state index contributed by atoms with van der Waals surface area (Å²) in [4.78, 5) is 17.3. The predicted molar refractivity (Wildman–Crippen MR) is 102 cm³/mol. The summed E-state index contributed by atoms with van der Waals surface area (Å²) in [7, 11) is 2.12. The van der Waals surface area contributed by atoms with Crippen molar-refractivity contribution < 1.29 is 9.18 Å². The van der Waals surface area contributed by atoms with Gasteiger partial charge in [-0.05, 0) is 43.3 Å². The normalized spacial score (nSPS) is 17.0. The molecule has 1 atom stereocenters. The van der Waals surface area contributed by atoms with Crippen molar-refractivity contribution in [2.75, 3.05) is 39.8 Å². The number of benzene rings is 2. The van der Waals surface area contributed by atoms with Gasteiger partial charge >= 0.3 is 0 Å². The summed E-state index contributed by atoms with van der Waals surface area (Å²) < 4.78 is 13.3. The van der Waals surface area contributed by atoms with Crippen LogP contribution in [0.4, 0.5) is 4.39 Å². The smallest absolute Gasteiger partial charge is 0.251 e. The molecule has 1 saturated heterocycles. The highest BCUT2D eigenvalue weighted by molar-refractivity contribution is 5.95. The standard InChI is InChI=1S/C21H26FN3O/c1-16-5-3-4-6-19(16)21(26)23-15-20(17-7-9-18(22)10-8-17)25-13-11-24(2)12-14-25/h3-10,20H,11-15H2,1-2H3,(H,23,26). The Morgan fingerprint density at radius 1 is 1.08 bits per heavy atom. The molecule has 1 aliphatic rings. The summed E-state index contributed by atoms with van der Waals surface area (Å²) in [6.45, 7) is 6.28. The van der Waals surface area contributed by atoms with Crippen LogP contribution in [-0.4, -0.2) is 55.5 Å². The van der Waals surface area contributed by atoms with Gasteiger partial charge in [0.15, 0.2) is 0 Å². The highest BCUT2D eigenvalue weighted by Gasteiger charge is 2.24. The van der Waals surface area contributed by atoms with E-state index in [-0.39, 0.29) is 17.8 Å². The lowest BCUT2D eigenvalue weighted by Crippen LogP contribution is -2.48. The van der Waals surface area contributed by atoms with Crippen LogP contribution in [0.15, 0.2) is 48.5 Å². The van der Waals surface area contributed by atoms with Crippen LogP contribution in [0.5, 0.6) is 0 Å². The minimum Gasteiger partial charge on any atom is -0.350 e. The van der Waals surface area contributed by atoms with Gasteiger partial charge in [-0.2, -0.15) is 0 Å². The van der Waals surface area contributed by atoms with Gasteiger partial charge in [-0.25, -0.2) is 4.39 Å². The second-order valence-corrected chi connectivity index (χ2v) is 6.93. The van der Waals surface area contributed by atoms with Crippen molar-refractivity contribution in [3.8, 4) is 0 Å². The van der Waals surface area contributed by atoms with E-state index in [2.05, 4.69) is 22.2 Å². The first-order chi connectivity index (χ1) is 12.5. The Kier molecular flexibility index (Phi) is 6.01. The number of halogens is 1. The summed E-state index contributed by atoms with van der Waals surface area (Å²) in [5, 5.41) is 3.07. The number of hydrogen-bond donors (Lipinski definition) is 1. The molecule has 0 saturated carbocycles. The molecule has 1 unspecified atom stereocenters. The summed E-state index contributed by atoms with van der Waals surface area (Å²) >= 11 is 0. The van der Waals surface area contributed by atoms with Gasteiger partial charge in [0, 0.05) is 38.3 Å². The van der Waals surface area contributed by atoms with Crippen molar-refractivity contribution >= 4 is 5.91 Å². The summed E-state index contributed by atoms with van der Waals surface area (Å²) in [5.41, 5.74) is 2.69. The zero-order valence-corrected chi connectivity index (χ0v) is 15.4. The molecule has 0 aromatic heterocycles. The average Bonchev–Trinajstić information content (AvgIpc) is 2.65. The van der Waals surface area contributed by atoms with Gasteiger partial charge in [-0.1, -0.05) is 30.3 Å². The first-order valence-corrected chi connectivity index (χ1v) is 9.06. The number of amides is 1. The largest absolute Gasteiger partial charge is 0.350 e. The summed E-state index contributed by atoms with van der Waals surface area (Å²) in [6.07, 6.45) is 0. The molecular formula is C21H26FN3O. The quantitative estimate of drug-likeness (QED) is 0.896. The van der Waals surface area contributed by atoms with Gasteiger partial charge in [0.05, 0.1) is 6.04 Å². The van der Waals surface area contributed by atoms with Crippen molar-refractivity contribution in [1.29, 1.82) is 0 Å². The maximum Gasteiger partial charge on any atom is 0.251 e. The number of piperazine rings is 1. The van der Waals surface area contributed by atoms with Crippen molar-refractivity contribution in [1.82, 2.24) is 15.1 Å². The van der Waals surface area contributed by atoms with E-state index in [1.807, 2.05) is 43.3 Å². The predicted octanol–water partition coefficient (Wildman–Crippen LogP) is 2.85. The molecule has 1 amide bonds. The Balaban J connectivity index is 1.74. The molecule has 1 aliphatic heterocycles. The lowest BCUT2D eigenvalue weighted by atomic mass is 10.0. The van der Waals surface area contributed by atoms with Gasteiger partial charge in [0.2, 0.25) is 0 Å². The summed E-state index contributed by atoms with van der Waals surface area (Å²) in [6, 6.07) is 14.2. The van der Waals surface area contributed by atoms with E-state index in [9.17, 15) is 9.18 Å². The molecule has 1 fully saturated rings. The maximum atomic E-state index is 13.3. The minimum atomic E-state index is -0.241. The van der Waals surface area contributed by atoms with E-state index in [1.54, 1.807) is 0 Å². The van der Waals surface area contributed by atoms with Crippen LogP contribution in [-0.2, 0) is 0 Å². The first kappa shape index (κ1) is 18.5. The Labute approximate surface area is 154 Å². The van der Waals surface area contributed by atoms with Gasteiger partial charge < -0.3 is 10.2 Å². The molecule has 5 heteroatoms. The number of carbonyl (C=O) groups excluding carboxylic acids is 1. The summed E-state index contributed by atoms with van der Waals surface area (Å²) in [5.74, 6) is -0.306. The van der Waals surface area contributed by atoms with Crippen molar-refractivity contribution in [2.45, 2.75) is 13.0 Å². The van der Waals surface area contributed by atoms with E-state index in [0.29, 0.717) is 12.1 Å². The van der Waals surface area contributed by atoms with E-state index in [1.165, 1.54) is 12.1 Å². The molecular weight excluding hydrogens is 329 g/mol. The SMILES string of the molecule is Cc1ccccc1C(=O)NCC(c1ccc(F)cc1)N1CCN(C)CC1. The van der Waals surface area contributed by atoms with Gasteiger partial charge in [-0.3, -0.25) is 9.69 Å². The molecule has 0 spiro atoms. The number of aryl methyl sites for hydroxylation is 1. The number of carbonyl (C=O) groups is 1. The van der Waals surface area contributed by atoms with Crippen LogP contribution in [0.25, 0.3) is 0 Å². The van der Waals surface area contributed by atoms with Gasteiger partial charge in [0.1, 0.15) is 5.82 Å². The first-order valence-electron chi connectivity index (χ1n) is 9.06. The topological polar surface area (TPSA) is 35.6 Å². The second kappa shape index (κ2) is 8.43. The maximum absolute atomic E-state index is 13.3. The minimum absolute atomic E-state index is 0.0391. The fourth-order valence-corrected chi connectivity index (χ4v) is 3.39. The second-order valence-electron chi connectivity index (χ2n) is 6.93. The van der Waals surface area contributed by atoms with Gasteiger partial charge in [-0.15, -0.1) is 0 Å². The van der Waals surface area contributed by atoms with Gasteiger partial charge in [0.25, 0.3) is 5.91 Å². The number of hydrogen-bond acceptors (Lipinski definition) is 3. The Hall–Kier alpha value is -2.24. The number of rotatable bonds is 5. The molecule has 138 valence electrons. The molecule has 1 heterocycles. The van der Waals surface area contributed by atoms with Crippen LogP contribution in [0.3, 0.4) is 0 Å². The van der Waals surface area contributed by atoms with E-state index in [0.717, 1.165) is 37.3 Å². The lowest BCUT2D eigenvalue weighted by Gasteiger charge is -2.38. The Morgan fingerprint density at radius 3 is 2.38 bits per heavy atom. The highest BCUT2D eigenvalue weighted by Crippen LogP contribution is 2.22. The zero-order chi connectivity index (χ0) is 18.5. The highest BCUT2D eigenvalue weighted by atomic mass is 19.1. The molecule has 2 aromatic rings. The molecule has 0 aliphatic carbocycles. The molecule has 2 aromatic carbocycles. The van der Waals surface area contributed by atoms with Crippen molar-refractivity contribution in [3.05, 3.63) is 71.0 Å². The number of likely N-dealkylation sites (N-methyl/N-ethyl adjacent to an activating group) is 1. The fourth-order valence-electron chi connectivity index (χ4n) is 3.39. The molecule has 0 radical (unpaired) electrons. The van der Waals surface area contributed by atoms with Crippen LogP contribution < -0.4 is 5.32 Å². The van der Waals surface area contributed by atoms with Crippen LogP contribution in [0.1, 0.15) is 27.5 Å². The van der Waals surface area contributed by atoms with Crippen LogP contribution in [0, 0.1) is 12.7 Å². The fraction of sp³-hybridized carbons (Fsp3) is 0.381. The number of nitrogens with one attached hydrogen (secondary N) is 1. The number of nitrogens with zero attached hydrogens (tertiary/aromatic N) is 2. The molecule has 3 rings (SSSR count). The monoisotopic (exact) mass is 355 g/mol. The third-order valence-corrected chi connectivity index (χ3v) is 5.08. The van der Waals surface area contributed by atoms with Crippen LogP contribution in [0.2, 0.25) is 0 Å². The average molecular weight is 355 g/mol.